The summed E-state index contributed by atoms with van der Waals surface area (Å²) in [6.45, 7) is 2.41. The number of furan rings is 2. The Balaban J connectivity index is 1.43. The standard InChI is InChI=1S/C21H17ClN2O4S/c1-13-4-2-6-17(22)19(13)27-12-16-8-7-14(28-16)10-18-20(25)24(21(29)23-18)11-15-5-3-9-26-15/h2-10H,11-12H2,1H3,(H,23,29)/b18-10+. The van der Waals surface area contributed by atoms with Crippen LogP contribution < -0.4 is 10.1 Å². The molecule has 6 nitrogen and oxygen atoms in total. The lowest BCUT2D eigenvalue weighted by molar-refractivity contribution is -0.122. The van der Waals surface area contributed by atoms with Crippen molar-refractivity contribution in [3.63, 3.8) is 0 Å². The summed E-state index contributed by atoms with van der Waals surface area (Å²) in [6, 6.07) is 12.7. The van der Waals surface area contributed by atoms with E-state index >= 15 is 0 Å². The number of halogens is 1. The second-order valence-corrected chi connectivity index (χ2v) is 7.23. The van der Waals surface area contributed by atoms with Crippen molar-refractivity contribution in [2.75, 3.05) is 0 Å². The van der Waals surface area contributed by atoms with E-state index in [0.29, 0.717) is 38.9 Å². The monoisotopic (exact) mass is 428 g/mol. The first kappa shape index (κ1) is 19.3. The summed E-state index contributed by atoms with van der Waals surface area (Å²) in [5, 5.41) is 3.78. The summed E-state index contributed by atoms with van der Waals surface area (Å²) < 4.78 is 16.8. The largest absolute Gasteiger partial charge is 0.484 e. The minimum atomic E-state index is -0.243. The summed E-state index contributed by atoms with van der Waals surface area (Å²) in [5.74, 6) is 2.15. The number of ether oxygens (including phenoxy) is 1. The van der Waals surface area contributed by atoms with Crippen LogP contribution in [0.4, 0.5) is 0 Å². The van der Waals surface area contributed by atoms with Crippen molar-refractivity contribution in [3.8, 4) is 5.75 Å². The fourth-order valence-electron chi connectivity index (χ4n) is 2.91. The predicted molar refractivity (Wildman–Crippen MR) is 112 cm³/mol. The lowest BCUT2D eigenvalue weighted by Crippen LogP contribution is -2.29. The summed E-state index contributed by atoms with van der Waals surface area (Å²) in [6.07, 6.45) is 3.17. The second-order valence-electron chi connectivity index (χ2n) is 6.44. The van der Waals surface area contributed by atoms with Crippen LogP contribution in [0.3, 0.4) is 0 Å². The van der Waals surface area contributed by atoms with Crippen molar-refractivity contribution >= 4 is 40.9 Å². The molecule has 0 radical (unpaired) electrons. The molecule has 2 aromatic heterocycles. The number of hydrogen-bond acceptors (Lipinski definition) is 5. The minimum Gasteiger partial charge on any atom is -0.484 e. The van der Waals surface area contributed by atoms with Gasteiger partial charge in [-0.1, -0.05) is 23.7 Å². The zero-order valence-corrected chi connectivity index (χ0v) is 17.0. The molecule has 3 aromatic rings. The molecule has 1 aromatic carbocycles. The highest BCUT2D eigenvalue weighted by molar-refractivity contribution is 7.80. The van der Waals surface area contributed by atoms with Gasteiger partial charge in [0.25, 0.3) is 5.91 Å². The summed E-state index contributed by atoms with van der Waals surface area (Å²) in [7, 11) is 0. The maximum absolute atomic E-state index is 12.6. The highest BCUT2D eigenvalue weighted by atomic mass is 35.5. The second kappa shape index (κ2) is 8.14. The van der Waals surface area contributed by atoms with E-state index in [4.69, 9.17) is 37.4 Å². The molecule has 4 rings (SSSR count). The Labute approximate surface area is 177 Å². The quantitative estimate of drug-likeness (QED) is 0.454. The van der Waals surface area contributed by atoms with E-state index in [-0.39, 0.29) is 19.1 Å². The van der Waals surface area contributed by atoms with Crippen molar-refractivity contribution in [2.24, 2.45) is 0 Å². The first-order valence-electron chi connectivity index (χ1n) is 8.85. The van der Waals surface area contributed by atoms with Gasteiger partial charge >= 0.3 is 0 Å². The smallest absolute Gasteiger partial charge is 0.277 e. The fourth-order valence-corrected chi connectivity index (χ4v) is 3.44. The summed E-state index contributed by atoms with van der Waals surface area (Å²) in [4.78, 5) is 14.1. The first-order chi connectivity index (χ1) is 14.0. The molecule has 1 fully saturated rings. The van der Waals surface area contributed by atoms with Crippen molar-refractivity contribution in [1.82, 2.24) is 10.2 Å². The number of thiocarbonyl (C=S) groups is 1. The molecule has 3 heterocycles. The van der Waals surface area contributed by atoms with E-state index in [9.17, 15) is 4.79 Å². The van der Waals surface area contributed by atoms with Gasteiger partial charge in [0.15, 0.2) is 5.11 Å². The molecule has 0 atom stereocenters. The molecule has 1 amide bonds. The number of amides is 1. The zero-order chi connectivity index (χ0) is 20.4. The van der Waals surface area contributed by atoms with Gasteiger partial charge in [-0.3, -0.25) is 9.69 Å². The number of para-hydroxylation sites is 1. The third-order valence-corrected chi connectivity index (χ3v) is 4.97. The molecule has 1 aliphatic heterocycles. The molecule has 1 saturated heterocycles. The van der Waals surface area contributed by atoms with Crippen LogP contribution in [0.15, 0.2) is 63.3 Å². The van der Waals surface area contributed by atoms with Crippen LogP contribution in [0.1, 0.15) is 22.8 Å². The predicted octanol–water partition coefficient (Wildman–Crippen LogP) is 4.67. The topological polar surface area (TPSA) is 67.8 Å². The van der Waals surface area contributed by atoms with Crippen LogP contribution in [0.2, 0.25) is 5.02 Å². The first-order valence-corrected chi connectivity index (χ1v) is 9.63. The zero-order valence-electron chi connectivity index (χ0n) is 15.5. The molecule has 0 saturated carbocycles. The normalized spacial score (nSPS) is 15.2. The van der Waals surface area contributed by atoms with Gasteiger partial charge in [0.05, 0.1) is 17.8 Å². The molecule has 0 unspecified atom stereocenters. The lowest BCUT2D eigenvalue weighted by Gasteiger charge is -2.11. The number of carbonyl (C=O) groups excluding carboxylic acids is 1. The van der Waals surface area contributed by atoms with Gasteiger partial charge in [0, 0.05) is 6.08 Å². The molecule has 1 N–H and O–H groups in total. The van der Waals surface area contributed by atoms with Crippen LogP contribution in [0, 0.1) is 6.92 Å². The van der Waals surface area contributed by atoms with Crippen LogP contribution in [-0.2, 0) is 17.9 Å². The maximum atomic E-state index is 12.6. The molecule has 148 valence electrons. The molecule has 1 aliphatic rings. The van der Waals surface area contributed by atoms with E-state index in [1.165, 1.54) is 4.90 Å². The molecule has 0 bridgehead atoms. The number of hydrogen-bond donors (Lipinski definition) is 1. The number of rotatable bonds is 6. The SMILES string of the molecule is Cc1cccc(Cl)c1OCc1ccc(/C=C2/NC(=S)N(Cc3ccco3)C2=O)o1. The van der Waals surface area contributed by atoms with Crippen LogP contribution >= 0.6 is 23.8 Å². The van der Waals surface area contributed by atoms with Gasteiger partial charge in [0.1, 0.15) is 35.3 Å². The van der Waals surface area contributed by atoms with Gasteiger partial charge in [-0.15, -0.1) is 0 Å². The van der Waals surface area contributed by atoms with Gasteiger partial charge in [-0.2, -0.15) is 0 Å². The van der Waals surface area contributed by atoms with Gasteiger partial charge in [-0.05, 0) is 55.0 Å². The number of aryl methyl sites for hydroxylation is 1. The molecule has 0 aliphatic carbocycles. The summed E-state index contributed by atoms with van der Waals surface area (Å²) in [5.41, 5.74) is 1.28. The number of carbonyl (C=O) groups is 1. The lowest BCUT2D eigenvalue weighted by atomic mass is 10.2. The Kier molecular flexibility index (Phi) is 5.42. The van der Waals surface area contributed by atoms with Crippen LogP contribution in [-0.4, -0.2) is 15.9 Å². The fraction of sp³-hybridized carbons (Fsp3) is 0.143. The molecular weight excluding hydrogens is 412 g/mol. The van der Waals surface area contributed by atoms with Gasteiger partial charge < -0.3 is 18.9 Å². The molecule has 8 heteroatoms. The van der Waals surface area contributed by atoms with Crippen molar-refractivity contribution in [2.45, 2.75) is 20.1 Å². The number of nitrogens with one attached hydrogen (secondary N) is 1. The van der Waals surface area contributed by atoms with Crippen molar-refractivity contribution in [3.05, 3.63) is 82.3 Å². The van der Waals surface area contributed by atoms with E-state index in [1.807, 2.05) is 19.1 Å². The molecule has 0 spiro atoms. The number of benzene rings is 1. The van der Waals surface area contributed by atoms with Gasteiger partial charge in [-0.25, -0.2) is 0 Å². The highest BCUT2D eigenvalue weighted by Crippen LogP contribution is 2.29. The molecule has 29 heavy (non-hydrogen) atoms. The van der Waals surface area contributed by atoms with E-state index in [0.717, 1.165) is 5.56 Å². The molecular formula is C21H17ClN2O4S. The Hall–Kier alpha value is -3.03. The maximum Gasteiger partial charge on any atom is 0.277 e. The van der Waals surface area contributed by atoms with Crippen LogP contribution in [0.25, 0.3) is 6.08 Å². The Morgan fingerprint density at radius 3 is 2.83 bits per heavy atom. The van der Waals surface area contributed by atoms with Crippen molar-refractivity contribution in [1.29, 1.82) is 0 Å². The third-order valence-electron chi connectivity index (χ3n) is 4.35. The van der Waals surface area contributed by atoms with Crippen LogP contribution in [0.5, 0.6) is 5.75 Å². The third kappa shape index (κ3) is 4.21. The van der Waals surface area contributed by atoms with E-state index < -0.39 is 0 Å². The average molecular weight is 429 g/mol. The highest BCUT2D eigenvalue weighted by Gasteiger charge is 2.31. The van der Waals surface area contributed by atoms with E-state index in [2.05, 4.69) is 5.32 Å². The Morgan fingerprint density at radius 1 is 1.21 bits per heavy atom. The number of nitrogens with zero attached hydrogens (tertiary/aromatic N) is 1. The van der Waals surface area contributed by atoms with Crippen molar-refractivity contribution < 1.29 is 18.4 Å². The van der Waals surface area contributed by atoms with E-state index in [1.54, 1.807) is 42.7 Å². The Morgan fingerprint density at radius 2 is 2.07 bits per heavy atom. The average Bonchev–Trinajstić information content (AvgIpc) is 3.41. The van der Waals surface area contributed by atoms with Gasteiger partial charge in [0.2, 0.25) is 0 Å². The minimum absolute atomic E-state index is 0.220. The summed E-state index contributed by atoms with van der Waals surface area (Å²) >= 11 is 11.4. The Bertz CT molecular complexity index is 1070.